The van der Waals surface area contributed by atoms with E-state index in [1.165, 1.54) is 12.8 Å². The summed E-state index contributed by atoms with van der Waals surface area (Å²) in [6, 6.07) is -0.0176. The highest BCUT2D eigenvalue weighted by atomic mass is 16.5. The molecule has 1 aromatic heterocycles. The van der Waals surface area contributed by atoms with Gasteiger partial charge in [0.05, 0.1) is 0 Å². The van der Waals surface area contributed by atoms with Gasteiger partial charge in [0.2, 0.25) is 0 Å². The van der Waals surface area contributed by atoms with Gasteiger partial charge < -0.3 is 10.5 Å². The van der Waals surface area contributed by atoms with Gasteiger partial charge in [-0.15, -0.1) is 0 Å². The summed E-state index contributed by atoms with van der Waals surface area (Å²) >= 11 is 0. The van der Waals surface area contributed by atoms with E-state index in [4.69, 9.17) is 10.5 Å². The molecule has 0 radical (unpaired) electrons. The minimum absolute atomic E-state index is 0.0176. The van der Waals surface area contributed by atoms with Crippen LogP contribution in [0.2, 0.25) is 0 Å². The average Bonchev–Trinajstić information content (AvgIpc) is 3.02. The van der Waals surface area contributed by atoms with Gasteiger partial charge in [0.1, 0.15) is 6.10 Å². The van der Waals surface area contributed by atoms with Crippen molar-refractivity contribution in [3.63, 3.8) is 0 Å². The molecular formula is C12H19N3O. The molecule has 1 aromatic rings. The summed E-state index contributed by atoms with van der Waals surface area (Å²) in [5.41, 5.74) is 7.80. The number of methoxy groups -OCH3 is 1. The lowest BCUT2D eigenvalue weighted by Gasteiger charge is -2.15. The Hall–Kier alpha value is -1.00. The molecule has 1 fully saturated rings. The molecule has 16 heavy (non-hydrogen) atoms. The van der Waals surface area contributed by atoms with E-state index in [1.807, 2.05) is 20.0 Å². The van der Waals surface area contributed by atoms with Gasteiger partial charge in [0.25, 0.3) is 0 Å². The van der Waals surface area contributed by atoms with E-state index in [9.17, 15) is 0 Å². The van der Waals surface area contributed by atoms with Gasteiger partial charge in [-0.25, -0.2) is 9.97 Å². The number of aryl methyl sites for hydroxylation is 1. The predicted octanol–water partition coefficient (Wildman–Crippen LogP) is 1.90. The molecule has 1 saturated carbocycles. The first-order chi connectivity index (χ1) is 7.63. The molecule has 1 aliphatic carbocycles. The van der Waals surface area contributed by atoms with Crippen LogP contribution < -0.4 is 5.73 Å². The minimum atomic E-state index is -0.0176. The molecule has 4 heteroatoms. The van der Waals surface area contributed by atoms with Crippen molar-refractivity contribution in [2.24, 2.45) is 11.7 Å². The Labute approximate surface area is 96.2 Å². The van der Waals surface area contributed by atoms with E-state index in [-0.39, 0.29) is 12.1 Å². The number of nitrogens with zero attached hydrogens (tertiary/aromatic N) is 2. The van der Waals surface area contributed by atoms with Crippen molar-refractivity contribution < 1.29 is 4.74 Å². The van der Waals surface area contributed by atoms with Gasteiger partial charge in [-0.2, -0.15) is 0 Å². The second kappa shape index (κ2) is 4.47. The highest BCUT2D eigenvalue weighted by Crippen LogP contribution is 2.41. The standard InChI is InChI=1S/C12H19N3O/c1-7(13)10-6-14-12(15-8(10)2)11(16-3)9-4-5-9/h6-7,9,11H,4-5,13H2,1-3H3/t7-,11?/m1/s1. The quantitative estimate of drug-likeness (QED) is 0.843. The number of hydrogen-bond acceptors (Lipinski definition) is 4. The van der Waals surface area contributed by atoms with Crippen LogP contribution in [0.5, 0.6) is 0 Å². The summed E-state index contributed by atoms with van der Waals surface area (Å²) in [5, 5.41) is 0. The van der Waals surface area contributed by atoms with Crippen LogP contribution in [0.1, 0.15) is 49.0 Å². The first-order valence-electron chi connectivity index (χ1n) is 5.75. The summed E-state index contributed by atoms with van der Waals surface area (Å²) in [6.45, 7) is 3.92. The molecule has 4 nitrogen and oxygen atoms in total. The van der Waals surface area contributed by atoms with Crippen molar-refractivity contribution in [3.8, 4) is 0 Å². The van der Waals surface area contributed by atoms with Crippen LogP contribution in [0, 0.1) is 12.8 Å². The number of rotatable bonds is 4. The Morgan fingerprint density at radius 2 is 2.19 bits per heavy atom. The molecule has 88 valence electrons. The van der Waals surface area contributed by atoms with Crippen LogP contribution in [-0.4, -0.2) is 17.1 Å². The number of aromatic nitrogens is 2. The Bertz CT molecular complexity index is 375. The molecule has 0 saturated heterocycles. The maximum atomic E-state index is 5.83. The summed E-state index contributed by atoms with van der Waals surface area (Å²) in [4.78, 5) is 8.89. The maximum absolute atomic E-state index is 5.83. The van der Waals surface area contributed by atoms with Crippen molar-refractivity contribution in [2.45, 2.75) is 38.8 Å². The molecule has 1 aliphatic rings. The second-order valence-corrected chi connectivity index (χ2v) is 4.55. The second-order valence-electron chi connectivity index (χ2n) is 4.55. The molecule has 1 unspecified atom stereocenters. The van der Waals surface area contributed by atoms with Gasteiger partial charge in [0.15, 0.2) is 5.82 Å². The lowest BCUT2D eigenvalue weighted by molar-refractivity contribution is 0.0770. The topological polar surface area (TPSA) is 61.0 Å². The highest BCUT2D eigenvalue weighted by molar-refractivity contribution is 5.20. The first kappa shape index (κ1) is 11.5. The van der Waals surface area contributed by atoms with Crippen molar-refractivity contribution in [1.82, 2.24) is 9.97 Å². The monoisotopic (exact) mass is 221 g/mol. The van der Waals surface area contributed by atoms with Crippen LogP contribution in [-0.2, 0) is 4.74 Å². The Balaban J connectivity index is 2.25. The van der Waals surface area contributed by atoms with E-state index in [0.717, 1.165) is 17.1 Å². The Morgan fingerprint density at radius 1 is 1.50 bits per heavy atom. The molecule has 2 N–H and O–H groups in total. The SMILES string of the molecule is COC(c1ncc([C@@H](C)N)c(C)n1)C1CC1. The van der Waals surface area contributed by atoms with Crippen LogP contribution in [0.3, 0.4) is 0 Å². The maximum Gasteiger partial charge on any atom is 0.157 e. The largest absolute Gasteiger partial charge is 0.373 e. The fraction of sp³-hybridized carbons (Fsp3) is 0.667. The zero-order valence-electron chi connectivity index (χ0n) is 10.1. The van der Waals surface area contributed by atoms with Gasteiger partial charge in [-0.1, -0.05) is 0 Å². The molecule has 0 spiro atoms. The van der Waals surface area contributed by atoms with E-state index in [1.54, 1.807) is 7.11 Å². The number of hydrogen-bond donors (Lipinski definition) is 1. The summed E-state index contributed by atoms with van der Waals surface area (Å²) in [7, 11) is 1.72. The van der Waals surface area contributed by atoms with Crippen molar-refractivity contribution >= 4 is 0 Å². The molecule has 1 heterocycles. The zero-order valence-corrected chi connectivity index (χ0v) is 10.1. The Morgan fingerprint density at radius 3 is 2.62 bits per heavy atom. The normalized spacial score (nSPS) is 19.5. The molecule has 2 atom stereocenters. The zero-order chi connectivity index (χ0) is 11.7. The van der Waals surface area contributed by atoms with E-state index in [0.29, 0.717) is 5.92 Å². The number of nitrogens with two attached hydrogens (primary N) is 1. The lowest BCUT2D eigenvalue weighted by Crippen LogP contribution is -2.14. The first-order valence-corrected chi connectivity index (χ1v) is 5.75. The molecule has 0 aromatic carbocycles. The third kappa shape index (κ3) is 2.23. The van der Waals surface area contributed by atoms with Crippen LogP contribution in [0.15, 0.2) is 6.20 Å². The molecule has 0 amide bonds. The van der Waals surface area contributed by atoms with E-state index in [2.05, 4.69) is 9.97 Å². The minimum Gasteiger partial charge on any atom is -0.373 e. The van der Waals surface area contributed by atoms with Gasteiger partial charge >= 0.3 is 0 Å². The average molecular weight is 221 g/mol. The summed E-state index contributed by atoms with van der Waals surface area (Å²) in [5.74, 6) is 1.40. The highest BCUT2D eigenvalue weighted by Gasteiger charge is 2.34. The molecule has 2 rings (SSSR count). The van der Waals surface area contributed by atoms with Crippen molar-refractivity contribution in [2.75, 3.05) is 7.11 Å². The van der Waals surface area contributed by atoms with Crippen LogP contribution in [0.25, 0.3) is 0 Å². The smallest absolute Gasteiger partial charge is 0.157 e. The fourth-order valence-corrected chi connectivity index (χ4v) is 1.99. The predicted molar refractivity (Wildman–Crippen MR) is 61.8 cm³/mol. The third-order valence-corrected chi connectivity index (χ3v) is 3.09. The summed E-state index contributed by atoms with van der Waals surface area (Å²) < 4.78 is 5.46. The van der Waals surface area contributed by atoms with Crippen LogP contribution in [0.4, 0.5) is 0 Å². The van der Waals surface area contributed by atoms with Crippen LogP contribution >= 0.6 is 0 Å². The lowest BCUT2D eigenvalue weighted by atomic mass is 10.1. The van der Waals surface area contributed by atoms with Crippen molar-refractivity contribution in [1.29, 1.82) is 0 Å². The molecule has 0 aliphatic heterocycles. The number of ether oxygens (including phenoxy) is 1. The fourth-order valence-electron chi connectivity index (χ4n) is 1.99. The molecule has 0 bridgehead atoms. The van der Waals surface area contributed by atoms with Gasteiger partial charge in [-0.05, 0) is 32.6 Å². The third-order valence-electron chi connectivity index (χ3n) is 3.09. The van der Waals surface area contributed by atoms with Crippen molar-refractivity contribution in [3.05, 3.63) is 23.3 Å². The van der Waals surface area contributed by atoms with E-state index >= 15 is 0 Å². The van der Waals surface area contributed by atoms with Gasteiger partial charge in [0, 0.05) is 30.6 Å². The van der Waals surface area contributed by atoms with E-state index < -0.39 is 0 Å². The summed E-state index contributed by atoms with van der Waals surface area (Å²) in [6.07, 6.45) is 4.32. The Kier molecular flexibility index (Phi) is 3.21. The van der Waals surface area contributed by atoms with Gasteiger partial charge in [-0.3, -0.25) is 0 Å². The molecular weight excluding hydrogens is 202 g/mol.